The van der Waals surface area contributed by atoms with Crippen molar-refractivity contribution in [1.82, 2.24) is 19.8 Å². The first-order chi connectivity index (χ1) is 18.5. The molecule has 38 heavy (non-hydrogen) atoms. The van der Waals surface area contributed by atoms with E-state index in [9.17, 15) is 9.59 Å². The Morgan fingerprint density at radius 3 is 1.82 bits per heavy atom. The molecule has 0 spiro atoms. The van der Waals surface area contributed by atoms with Gasteiger partial charge in [0.1, 0.15) is 5.69 Å². The normalized spacial score (nSPS) is 16.9. The summed E-state index contributed by atoms with van der Waals surface area (Å²) in [5, 5.41) is 0. The van der Waals surface area contributed by atoms with Crippen LogP contribution >= 0.6 is 0 Å². The molecule has 0 saturated carbocycles. The molecule has 0 bridgehead atoms. The molecular formula is C29H34N4O5. The average Bonchev–Trinajstić information content (AvgIpc) is 2.99. The summed E-state index contributed by atoms with van der Waals surface area (Å²) in [5.74, 6) is 2.45. The minimum Gasteiger partial charge on any atom is -0.493 e. The van der Waals surface area contributed by atoms with Crippen molar-refractivity contribution in [3.05, 3.63) is 53.9 Å². The van der Waals surface area contributed by atoms with Crippen molar-refractivity contribution in [3.63, 3.8) is 0 Å². The van der Waals surface area contributed by atoms with Crippen molar-refractivity contribution in [2.75, 3.05) is 47.5 Å². The van der Waals surface area contributed by atoms with Crippen LogP contribution in [0.25, 0.3) is 11.0 Å². The van der Waals surface area contributed by atoms with Crippen LogP contribution in [0, 0.1) is 11.8 Å². The molecule has 9 heteroatoms. The lowest BCUT2D eigenvalue weighted by Gasteiger charge is -2.40. The zero-order chi connectivity index (χ0) is 26.6. The van der Waals surface area contributed by atoms with E-state index in [1.54, 1.807) is 39.7 Å². The molecule has 5 rings (SSSR count). The van der Waals surface area contributed by atoms with Crippen LogP contribution in [0.5, 0.6) is 17.2 Å². The molecule has 2 aliphatic rings. The molecule has 1 aromatic heterocycles. The maximum atomic E-state index is 13.3. The SMILES string of the molecule is COc1cc(C(=O)N2CCC(C3CCN(C(=O)c4cnc5ccccc5n4)CC3)CC2)cc(OC)c1OC. The summed E-state index contributed by atoms with van der Waals surface area (Å²) < 4.78 is 16.2. The Labute approximate surface area is 222 Å². The Bertz CT molecular complexity index is 1290. The number of ether oxygens (including phenoxy) is 3. The van der Waals surface area contributed by atoms with E-state index in [-0.39, 0.29) is 11.8 Å². The third kappa shape index (κ3) is 5.10. The predicted molar refractivity (Wildman–Crippen MR) is 143 cm³/mol. The van der Waals surface area contributed by atoms with Gasteiger partial charge in [-0.3, -0.25) is 14.6 Å². The van der Waals surface area contributed by atoms with Crippen molar-refractivity contribution in [2.45, 2.75) is 25.7 Å². The number of piperidine rings is 2. The van der Waals surface area contributed by atoms with E-state index < -0.39 is 0 Å². The molecular weight excluding hydrogens is 484 g/mol. The number of carbonyl (C=O) groups excluding carboxylic acids is 2. The molecule has 0 aliphatic carbocycles. The molecule has 3 heterocycles. The van der Waals surface area contributed by atoms with Crippen LogP contribution in [-0.2, 0) is 0 Å². The number of aromatic nitrogens is 2. The molecule has 3 aromatic rings. The van der Waals surface area contributed by atoms with E-state index in [0.29, 0.717) is 53.4 Å². The summed E-state index contributed by atoms with van der Waals surface area (Å²) in [5.41, 5.74) is 2.46. The zero-order valence-corrected chi connectivity index (χ0v) is 22.2. The van der Waals surface area contributed by atoms with Gasteiger partial charge in [-0.05, 0) is 61.8 Å². The molecule has 2 saturated heterocycles. The third-order valence-corrected chi connectivity index (χ3v) is 7.90. The highest BCUT2D eigenvalue weighted by molar-refractivity contribution is 5.96. The number of rotatable bonds is 6. The second-order valence-electron chi connectivity index (χ2n) is 9.92. The lowest BCUT2D eigenvalue weighted by Crippen LogP contribution is -2.44. The fourth-order valence-electron chi connectivity index (χ4n) is 5.76. The minimum atomic E-state index is -0.0486. The Morgan fingerprint density at radius 1 is 0.763 bits per heavy atom. The van der Waals surface area contributed by atoms with E-state index in [1.807, 2.05) is 34.1 Å². The first-order valence-electron chi connectivity index (χ1n) is 13.1. The fraction of sp³-hybridized carbons (Fsp3) is 0.448. The van der Waals surface area contributed by atoms with Gasteiger partial charge in [0.2, 0.25) is 5.75 Å². The molecule has 0 radical (unpaired) electrons. The van der Waals surface area contributed by atoms with Crippen molar-refractivity contribution >= 4 is 22.8 Å². The second-order valence-corrected chi connectivity index (χ2v) is 9.92. The van der Waals surface area contributed by atoms with Crippen LogP contribution in [-0.4, -0.2) is 79.1 Å². The highest BCUT2D eigenvalue weighted by Gasteiger charge is 2.33. The molecule has 2 aliphatic heterocycles. The predicted octanol–water partition coefficient (Wildman–Crippen LogP) is 4.06. The molecule has 200 valence electrons. The summed E-state index contributed by atoms with van der Waals surface area (Å²) in [4.78, 5) is 39.1. The number of hydrogen-bond donors (Lipinski definition) is 0. The smallest absolute Gasteiger partial charge is 0.274 e. The van der Waals surface area contributed by atoms with E-state index in [2.05, 4.69) is 9.97 Å². The van der Waals surface area contributed by atoms with Gasteiger partial charge in [0.15, 0.2) is 11.5 Å². The molecule has 2 amide bonds. The Hall–Kier alpha value is -3.88. The highest BCUT2D eigenvalue weighted by Crippen LogP contribution is 2.39. The average molecular weight is 519 g/mol. The van der Waals surface area contributed by atoms with Crippen LogP contribution in [0.4, 0.5) is 0 Å². The number of likely N-dealkylation sites (tertiary alicyclic amines) is 2. The Morgan fingerprint density at radius 2 is 1.29 bits per heavy atom. The summed E-state index contributed by atoms with van der Waals surface area (Å²) in [6, 6.07) is 11.0. The van der Waals surface area contributed by atoms with Gasteiger partial charge < -0.3 is 24.0 Å². The molecule has 2 fully saturated rings. The van der Waals surface area contributed by atoms with E-state index in [0.717, 1.165) is 49.8 Å². The van der Waals surface area contributed by atoms with Gasteiger partial charge in [-0.1, -0.05) is 12.1 Å². The number of fused-ring (bicyclic) bond motifs is 1. The monoisotopic (exact) mass is 518 g/mol. The summed E-state index contributed by atoms with van der Waals surface area (Å²) in [7, 11) is 4.64. The van der Waals surface area contributed by atoms with Gasteiger partial charge in [-0.15, -0.1) is 0 Å². The number of nitrogens with zero attached hydrogens (tertiary/aromatic N) is 4. The number of benzene rings is 2. The molecule has 0 unspecified atom stereocenters. The molecule has 9 nitrogen and oxygen atoms in total. The first kappa shape index (κ1) is 25.8. The van der Waals surface area contributed by atoms with Gasteiger partial charge in [-0.25, -0.2) is 4.98 Å². The fourth-order valence-corrected chi connectivity index (χ4v) is 5.76. The maximum Gasteiger partial charge on any atom is 0.274 e. The minimum absolute atomic E-state index is 0.0281. The summed E-state index contributed by atoms with van der Waals surface area (Å²) in [6.45, 7) is 2.88. The number of hydrogen-bond acceptors (Lipinski definition) is 7. The zero-order valence-electron chi connectivity index (χ0n) is 22.2. The number of methoxy groups -OCH3 is 3. The Kier molecular flexibility index (Phi) is 7.62. The van der Waals surface area contributed by atoms with Crippen LogP contribution in [0.15, 0.2) is 42.6 Å². The highest BCUT2D eigenvalue weighted by atomic mass is 16.5. The van der Waals surface area contributed by atoms with Gasteiger partial charge in [0.25, 0.3) is 11.8 Å². The Balaban J connectivity index is 1.15. The van der Waals surface area contributed by atoms with Crippen molar-refractivity contribution in [3.8, 4) is 17.2 Å². The second kappa shape index (κ2) is 11.2. The number of para-hydroxylation sites is 2. The van der Waals surface area contributed by atoms with Crippen LogP contribution in [0.3, 0.4) is 0 Å². The number of carbonyl (C=O) groups is 2. The van der Waals surface area contributed by atoms with Crippen LogP contribution in [0.1, 0.15) is 46.5 Å². The quantitative estimate of drug-likeness (QED) is 0.486. The maximum absolute atomic E-state index is 13.3. The molecule has 2 aromatic carbocycles. The lowest BCUT2D eigenvalue weighted by atomic mass is 9.78. The van der Waals surface area contributed by atoms with Crippen LogP contribution < -0.4 is 14.2 Å². The third-order valence-electron chi connectivity index (χ3n) is 7.90. The van der Waals surface area contributed by atoms with Gasteiger partial charge in [-0.2, -0.15) is 0 Å². The van der Waals surface area contributed by atoms with Crippen molar-refractivity contribution in [1.29, 1.82) is 0 Å². The van der Waals surface area contributed by atoms with Crippen LogP contribution in [0.2, 0.25) is 0 Å². The molecule has 0 N–H and O–H groups in total. The lowest BCUT2D eigenvalue weighted by molar-refractivity contribution is 0.0534. The van der Waals surface area contributed by atoms with Gasteiger partial charge >= 0.3 is 0 Å². The van der Waals surface area contributed by atoms with E-state index in [1.165, 1.54) is 0 Å². The topological polar surface area (TPSA) is 94.1 Å². The van der Waals surface area contributed by atoms with E-state index in [4.69, 9.17) is 14.2 Å². The first-order valence-corrected chi connectivity index (χ1v) is 13.1. The van der Waals surface area contributed by atoms with Crippen molar-refractivity contribution in [2.24, 2.45) is 11.8 Å². The standard InChI is InChI=1S/C29H34N4O5/c1-36-25-16-21(17-26(37-2)27(25)38-3)28(34)32-12-8-19(9-13-32)20-10-14-33(15-11-20)29(35)24-18-30-22-6-4-5-7-23(22)31-24/h4-7,16-20H,8-15H2,1-3H3. The van der Waals surface area contributed by atoms with Gasteiger partial charge in [0, 0.05) is 31.7 Å². The largest absolute Gasteiger partial charge is 0.493 e. The summed E-state index contributed by atoms with van der Waals surface area (Å²) in [6.07, 6.45) is 5.45. The summed E-state index contributed by atoms with van der Waals surface area (Å²) >= 11 is 0. The van der Waals surface area contributed by atoms with Crippen molar-refractivity contribution < 1.29 is 23.8 Å². The number of amides is 2. The van der Waals surface area contributed by atoms with Gasteiger partial charge in [0.05, 0.1) is 38.6 Å². The van der Waals surface area contributed by atoms with E-state index >= 15 is 0 Å². The molecule has 0 atom stereocenters.